The molecule has 0 fully saturated rings. The molecule has 1 aromatic carbocycles. The lowest BCUT2D eigenvalue weighted by atomic mass is 10.0. The highest BCUT2D eigenvalue weighted by atomic mass is 35.5. The number of halogens is 1. The predicted octanol–water partition coefficient (Wildman–Crippen LogP) is 4.97. The van der Waals surface area contributed by atoms with Gasteiger partial charge in [-0.15, -0.1) is 11.3 Å². The molecule has 0 aliphatic carbocycles. The van der Waals surface area contributed by atoms with Crippen LogP contribution in [-0.2, 0) is 19.5 Å². The fourth-order valence-electron chi connectivity index (χ4n) is 3.61. The molecule has 0 amide bonds. The molecule has 134 valence electrons. The van der Waals surface area contributed by atoms with Gasteiger partial charge in [0.05, 0.1) is 20.9 Å². The van der Waals surface area contributed by atoms with E-state index in [0.29, 0.717) is 0 Å². The van der Waals surface area contributed by atoms with Crippen molar-refractivity contribution in [1.82, 2.24) is 19.9 Å². The average molecular weight is 393 g/mol. The lowest BCUT2D eigenvalue weighted by Gasteiger charge is -2.13. The highest BCUT2D eigenvalue weighted by molar-refractivity contribution is 7.18. The molecule has 0 bridgehead atoms. The van der Waals surface area contributed by atoms with Crippen LogP contribution in [0.3, 0.4) is 0 Å². The first-order chi connectivity index (χ1) is 13.3. The van der Waals surface area contributed by atoms with Crippen LogP contribution >= 0.6 is 22.9 Å². The van der Waals surface area contributed by atoms with Crippen molar-refractivity contribution in [3.05, 3.63) is 76.3 Å². The maximum Gasteiger partial charge on any atom is 0.0951 e. The van der Waals surface area contributed by atoms with Gasteiger partial charge in [-0.25, -0.2) is 4.98 Å². The maximum absolute atomic E-state index is 6.09. The van der Waals surface area contributed by atoms with Crippen LogP contribution in [0.4, 0.5) is 0 Å². The lowest BCUT2D eigenvalue weighted by Crippen LogP contribution is -2.19. The Balaban J connectivity index is 1.32. The molecule has 4 aromatic rings. The average Bonchev–Trinajstić information content (AvgIpc) is 3.29. The van der Waals surface area contributed by atoms with E-state index in [0.717, 1.165) is 46.3 Å². The normalized spacial score (nSPS) is 14.0. The zero-order chi connectivity index (χ0) is 18.2. The summed E-state index contributed by atoms with van der Waals surface area (Å²) in [5.41, 5.74) is 6.01. The summed E-state index contributed by atoms with van der Waals surface area (Å²) in [6.07, 6.45) is 6.54. The van der Waals surface area contributed by atoms with Crippen molar-refractivity contribution >= 4 is 33.2 Å². The van der Waals surface area contributed by atoms with Crippen LogP contribution in [0.25, 0.3) is 21.3 Å². The van der Waals surface area contributed by atoms with Crippen LogP contribution in [-0.4, -0.2) is 26.4 Å². The molecule has 6 heteroatoms. The van der Waals surface area contributed by atoms with E-state index in [1.165, 1.54) is 22.4 Å². The number of fused-ring (bicyclic) bond motifs is 2. The first-order valence-electron chi connectivity index (χ1n) is 8.91. The summed E-state index contributed by atoms with van der Waals surface area (Å²) in [6.45, 7) is 2.79. The second-order valence-corrected chi connectivity index (χ2v) is 8.25. The minimum atomic E-state index is 0.766. The van der Waals surface area contributed by atoms with Gasteiger partial charge < -0.3 is 0 Å². The quantitative estimate of drug-likeness (QED) is 0.492. The second kappa shape index (κ2) is 7.00. The zero-order valence-corrected chi connectivity index (χ0v) is 16.2. The minimum absolute atomic E-state index is 0.766. The van der Waals surface area contributed by atoms with Gasteiger partial charge in [0.1, 0.15) is 0 Å². The Morgan fingerprint density at radius 2 is 1.93 bits per heavy atom. The first-order valence-corrected chi connectivity index (χ1v) is 10.1. The number of hydrogen-bond acceptors (Lipinski definition) is 5. The molecule has 0 atom stereocenters. The number of aromatic nitrogens is 3. The number of nitrogens with zero attached hydrogens (tertiary/aromatic N) is 4. The number of thiazole rings is 1. The Hall–Kier alpha value is -2.34. The van der Waals surface area contributed by atoms with E-state index in [-0.39, 0.29) is 0 Å². The van der Waals surface area contributed by atoms with E-state index >= 15 is 0 Å². The van der Waals surface area contributed by atoms with E-state index in [1.54, 1.807) is 11.3 Å². The van der Waals surface area contributed by atoms with Crippen LogP contribution in [0.2, 0.25) is 5.02 Å². The molecular formula is C21H17ClN4S. The van der Waals surface area contributed by atoms with Crippen molar-refractivity contribution in [2.45, 2.75) is 19.5 Å². The summed E-state index contributed by atoms with van der Waals surface area (Å²) in [6, 6.07) is 12.1. The molecule has 0 N–H and O–H groups in total. The molecule has 3 aromatic heterocycles. The highest BCUT2D eigenvalue weighted by Gasteiger charge is 2.23. The lowest BCUT2D eigenvalue weighted by molar-refractivity contribution is 0.286. The molecule has 1 aliphatic rings. The van der Waals surface area contributed by atoms with Gasteiger partial charge in [-0.1, -0.05) is 11.6 Å². The van der Waals surface area contributed by atoms with E-state index in [4.69, 9.17) is 16.6 Å². The first kappa shape index (κ1) is 16.8. The fraction of sp³-hybridized carbons (Fsp3) is 0.190. The monoisotopic (exact) mass is 392 g/mol. The Morgan fingerprint density at radius 1 is 1.04 bits per heavy atom. The number of rotatable bonds is 4. The molecule has 4 heterocycles. The Kier molecular flexibility index (Phi) is 4.36. The molecule has 0 unspecified atom stereocenters. The number of pyridine rings is 2. The van der Waals surface area contributed by atoms with Gasteiger partial charge in [0.2, 0.25) is 0 Å². The molecule has 1 aliphatic heterocycles. The van der Waals surface area contributed by atoms with Crippen LogP contribution in [0.1, 0.15) is 16.3 Å². The summed E-state index contributed by atoms with van der Waals surface area (Å²) >= 11 is 7.82. The fourth-order valence-corrected chi connectivity index (χ4v) is 4.84. The smallest absolute Gasteiger partial charge is 0.0951 e. The topological polar surface area (TPSA) is 41.9 Å². The summed E-state index contributed by atoms with van der Waals surface area (Å²) in [5.74, 6) is 0. The second-order valence-electron chi connectivity index (χ2n) is 6.70. The largest absolute Gasteiger partial charge is 0.293 e. The summed E-state index contributed by atoms with van der Waals surface area (Å²) < 4.78 is 1.16. The van der Waals surface area contributed by atoms with Gasteiger partial charge in [-0.3, -0.25) is 14.9 Å². The Labute approximate surface area is 166 Å². The van der Waals surface area contributed by atoms with E-state index in [2.05, 4.69) is 33.1 Å². The third kappa shape index (κ3) is 3.34. The van der Waals surface area contributed by atoms with Crippen molar-refractivity contribution in [1.29, 1.82) is 0 Å². The van der Waals surface area contributed by atoms with Gasteiger partial charge >= 0.3 is 0 Å². The molecule has 0 saturated carbocycles. The van der Waals surface area contributed by atoms with Crippen molar-refractivity contribution in [3.63, 3.8) is 0 Å². The van der Waals surface area contributed by atoms with Gasteiger partial charge in [-0.05, 0) is 53.1 Å². The van der Waals surface area contributed by atoms with Crippen molar-refractivity contribution < 1.29 is 0 Å². The van der Waals surface area contributed by atoms with E-state index < -0.39 is 0 Å². The Bertz CT molecular complexity index is 1110. The van der Waals surface area contributed by atoms with Crippen molar-refractivity contribution in [2.75, 3.05) is 6.54 Å². The third-order valence-corrected chi connectivity index (χ3v) is 6.24. The third-order valence-electron chi connectivity index (χ3n) is 4.93. The standard InChI is InChI=1S/C21H17ClN4S/c22-15-1-2-18-20(11-15)27-21(25-18)6-10-26-12-17-16(5-9-24-19(17)13-26)14-3-7-23-8-4-14/h1-5,7-9,11H,6,10,12-13H2. The van der Waals surface area contributed by atoms with Crippen LogP contribution in [0.15, 0.2) is 55.0 Å². The number of benzene rings is 1. The van der Waals surface area contributed by atoms with Gasteiger partial charge in [-0.2, -0.15) is 0 Å². The maximum atomic E-state index is 6.09. The van der Waals surface area contributed by atoms with Crippen LogP contribution < -0.4 is 0 Å². The summed E-state index contributed by atoms with van der Waals surface area (Å²) in [4.78, 5) is 15.9. The SMILES string of the molecule is Clc1ccc2nc(CCN3Cc4nccc(-c5ccncc5)c4C3)sc2c1. The molecule has 0 saturated heterocycles. The van der Waals surface area contributed by atoms with Crippen molar-refractivity contribution in [2.24, 2.45) is 0 Å². The molecular weight excluding hydrogens is 376 g/mol. The molecule has 5 rings (SSSR count). The molecule has 4 nitrogen and oxygen atoms in total. The van der Waals surface area contributed by atoms with Gasteiger partial charge in [0, 0.05) is 49.7 Å². The number of hydrogen-bond donors (Lipinski definition) is 0. The van der Waals surface area contributed by atoms with Gasteiger partial charge in [0.15, 0.2) is 0 Å². The van der Waals surface area contributed by atoms with Crippen molar-refractivity contribution in [3.8, 4) is 11.1 Å². The summed E-state index contributed by atoms with van der Waals surface area (Å²) in [7, 11) is 0. The van der Waals surface area contributed by atoms with Crippen LogP contribution in [0.5, 0.6) is 0 Å². The van der Waals surface area contributed by atoms with Gasteiger partial charge in [0.25, 0.3) is 0 Å². The van der Waals surface area contributed by atoms with E-state index in [9.17, 15) is 0 Å². The molecule has 27 heavy (non-hydrogen) atoms. The zero-order valence-electron chi connectivity index (χ0n) is 14.6. The predicted molar refractivity (Wildman–Crippen MR) is 110 cm³/mol. The molecule has 0 spiro atoms. The van der Waals surface area contributed by atoms with E-state index in [1.807, 2.05) is 36.8 Å². The van der Waals surface area contributed by atoms with Crippen LogP contribution in [0, 0.1) is 0 Å². The highest BCUT2D eigenvalue weighted by Crippen LogP contribution is 2.31. The molecule has 0 radical (unpaired) electrons. The Morgan fingerprint density at radius 3 is 2.81 bits per heavy atom. The summed E-state index contributed by atoms with van der Waals surface area (Å²) in [5, 5.41) is 1.92. The minimum Gasteiger partial charge on any atom is -0.293 e.